The van der Waals surface area contributed by atoms with Crippen LogP contribution in [-0.4, -0.2) is 24.8 Å². The molecule has 4 aromatic rings. The van der Waals surface area contributed by atoms with E-state index in [1.165, 1.54) is 18.2 Å². The highest BCUT2D eigenvalue weighted by atomic mass is 32.2. The second kappa shape index (κ2) is 8.27. The summed E-state index contributed by atoms with van der Waals surface area (Å²) < 4.78 is 56.7. The number of aromatic nitrogens is 2. The Morgan fingerprint density at radius 3 is 2.35 bits per heavy atom. The maximum Gasteiger partial charge on any atom is 0.264 e. The van der Waals surface area contributed by atoms with Gasteiger partial charge in [0.1, 0.15) is 0 Å². The minimum absolute atomic E-state index is 0.0949. The Balaban J connectivity index is 1.75. The fourth-order valence-electron chi connectivity index (χ4n) is 3.08. The van der Waals surface area contributed by atoms with Gasteiger partial charge in [-0.05, 0) is 52.7 Å². The van der Waals surface area contributed by atoms with Gasteiger partial charge in [0, 0.05) is 11.8 Å². The van der Waals surface area contributed by atoms with Crippen LogP contribution in [0.1, 0.15) is 17.2 Å². The molecule has 9 heteroatoms. The van der Waals surface area contributed by atoms with Crippen molar-refractivity contribution in [3.63, 3.8) is 0 Å². The second-order valence-corrected chi connectivity index (χ2v) is 8.90. The summed E-state index contributed by atoms with van der Waals surface area (Å²) in [7, 11) is -3.47. The molecule has 0 aliphatic carbocycles. The lowest BCUT2D eigenvalue weighted by Crippen LogP contribution is -2.14. The molecule has 158 valence electrons. The van der Waals surface area contributed by atoms with Gasteiger partial charge in [0.05, 0.1) is 10.9 Å². The molecule has 3 aromatic carbocycles. The Labute approximate surface area is 177 Å². The van der Waals surface area contributed by atoms with Crippen molar-refractivity contribution >= 4 is 15.8 Å². The van der Waals surface area contributed by atoms with E-state index in [1.807, 2.05) is 18.2 Å². The molecule has 0 radical (unpaired) electrons. The number of halogens is 2. The number of nitrogens with one attached hydrogen (secondary N) is 1. The van der Waals surface area contributed by atoms with E-state index in [4.69, 9.17) is 4.52 Å². The van der Waals surface area contributed by atoms with E-state index in [0.29, 0.717) is 16.7 Å². The minimum Gasteiger partial charge on any atom is -0.341 e. The summed E-state index contributed by atoms with van der Waals surface area (Å²) in [6.07, 6.45) is 1.09. The predicted molar refractivity (Wildman–Crippen MR) is 111 cm³/mol. The molecule has 0 bridgehead atoms. The highest BCUT2D eigenvalue weighted by Gasteiger charge is 2.21. The van der Waals surface area contributed by atoms with Gasteiger partial charge in [-0.3, -0.25) is 0 Å². The van der Waals surface area contributed by atoms with Crippen molar-refractivity contribution in [1.29, 1.82) is 0 Å². The summed E-state index contributed by atoms with van der Waals surface area (Å²) in [4.78, 5) is 4.40. The third-order valence-electron chi connectivity index (χ3n) is 4.62. The normalized spacial score (nSPS) is 12.5. The Morgan fingerprint density at radius 2 is 1.65 bits per heavy atom. The number of nitrogens with zero attached hydrogens (tertiary/aromatic N) is 2. The molecule has 0 fully saturated rings. The van der Waals surface area contributed by atoms with Gasteiger partial charge >= 0.3 is 0 Å². The second-order valence-electron chi connectivity index (χ2n) is 6.88. The van der Waals surface area contributed by atoms with E-state index in [0.717, 1.165) is 18.4 Å². The first-order valence-electron chi connectivity index (χ1n) is 9.22. The smallest absolute Gasteiger partial charge is 0.264 e. The molecular formula is C22H17F2N3O3S. The van der Waals surface area contributed by atoms with Gasteiger partial charge in [-0.2, -0.15) is 4.98 Å². The molecule has 0 saturated carbocycles. The molecule has 1 N–H and O–H groups in total. The van der Waals surface area contributed by atoms with Crippen molar-refractivity contribution in [2.45, 2.75) is 10.9 Å². The zero-order chi connectivity index (χ0) is 22.0. The van der Waals surface area contributed by atoms with Crippen LogP contribution < -0.4 is 5.32 Å². The topological polar surface area (TPSA) is 85.1 Å². The summed E-state index contributed by atoms with van der Waals surface area (Å²) >= 11 is 0. The minimum atomic E-state index is -3.47. The number of benzene rings is 3. The summed E-state index contributed by atoms with van der Waals surface area (Å²) in [6, 6.07) is 18.0. The Morgan fingerprint density at radius 1 is 0.903 bits per heavy atom. The van der Waals surface area contributed by atoms with Gasteiger partial charge in [0.2, 0.25) is 0 Å². The molecule has 4 rings (SSSR count). The monoisotopic (exact) mass is 441 g/mol. The zero-order valence-corrected chi connectivity index (χ0v) is 17.1. The molecule has 31 heavy (non-hydrogen) atoms. The fourth-order valence-corrected chi connectivity index (χ4v) is 3.76. The molecule has 0 saturated heterocycles. The van der Waals surface area contributed by atoms with Crippen LogP contribution in [-0.2, 0) is 9.84 Å². The number of hydrogen-bond acceptors (Lipinski definition) is 6. The predicted octanol–water partition coefficient (Wildman–Crippen LogP) is 4.62. The lowest BCUT2D eigenvalue weighted by atomic mass is 9.98. The number of sulfone groups is 1. The fraction of sp³-hybridized carbons (Fsp3) is 0.0909. The van der Waals surface area contributed by atoms with Gasteiger partial charge in [-0.25, -0.2) is 17.2 Å². The van der Waals surface area contributed by atoms with Crippen molar-refractivity contribution in [3.8, 4) is 11.5 Å². The molecule has 0 aliphatic heterocycles. The number of rotatable bonds is 6. The van der Waals surface area contributed by atoms with Crippen molar-refractivity contribution in [1.82, 2.24) is 10.1 Å². The largest absolute Gasteiger partial charge is 0.341 e. The Hall–Kier alpha value is -3.59. The highest BCUT2D eigenvalue weighted by molar-refractivity contribution is 7.90. The average Bonchev–Trinajstić information content (AvgIpc) is 3.23. The van der Waals surface area contributed by atoms with Crippen molar-refractivity contribution in [2.24, 2.45) is 0 Å². The van der Waals surface area contributed by atoms with Gasteiger partial charge in [-0.1, -0.05) is 36.4 Å². The molecule has 0 spiro atoms. The Kier molecular flexibility index (Phi) is 5.51. The quantitative estimate of drug-likeness (QED) is 0.470. The van der Waals surface area contributed by atoms with E-state index >= 15 is 0 Å². The standard InChI is InChI=1S/C22H17F2N3O3S/c1-31(28,29)17-9-5-8-15(12-17)20(16-10-11-18(23)19(24)13-16)25-22-26-21(30-27-22)14-6-3-2-4-7-14/h2-13,20H,1H3,(H,25,27). The van der Waals surface area contributed by atoms with Crippen LogP contribution in [0.25, 0.3) is 11.5 Å². The highest BCUT2D eigenvalue weighted by Crippen LogP contribution is 2.29. The molecule has 6 nitrogen and oxygen atoms in total. The third kappa shape index (κ3) is 4.61. The lowest BCUT2D eigenvalue weighted by Gasteiger charge is -2.19. The van der Waals surface area contributed by atoms with E-state index in [-0.39, 0.29) is 16.7 Å². The first kappa shape index (κ1) is 20.7. The molecule has 0 amide bonds. The molecule has 1 heterocycles. The third-order valence-corrected chi connectivity index (χ3v) is 5.73. The average molecular weight is 441 g/mol. The van der Waals surface area contributed by atoms with Gasteiger partial charge in [0.25, 0.3) is 11.8 Å². The van der Waals surface area contributed by atoms with Crippen LogP contribution in [0.4, 0.5) is 14.7 Å². The summed E-state index contributed by atoms with van der Waals surface area (Å²) in [6.45, 7) is 0. The van der Waals surface area contributed by atoms with Gasteiger partial charge in [0.15, 0.2) is 21.5 Å². The van der Waals surface area contributed by atoms with Crippen molar-refractivity contribution in [3.05, 3.63) is 95.6 Å². The van der Waals surface area contributed by atoms with Gasteiger partial charge in [-0.15, -0.1) is 0 Å². The molecule has 0 aliphatic rings. The van der Waals surface area contributed by atoms with Crippen LogP contribution in [0, 0.1) is 11.6 Å². The molecular weight excluding hydrogens is 424 g/mol. The number of hydrogen-bond donors (Lipinski definition) is 1. The van der Waals surface area contributed by atoms with Crippen LogP contribution in [0.15, 0.2) is 82.2 Å². The first-order chi connectivity index (χ1) is 14.8. The van der Waals surface area contributed by atoms with Crippen molar-refractivity contribution < 1.29 is 21.7 Å². The summed E-state index contributed by atoms with van der Waals surface area (Å²) in [5, 5.41) is 6.94. The molecule has 1 atom stereocenters. The van der Waals surface area contributed by atoms with E-state index < -0.39 is 27.5 Å². The lowest BCUT2D eigenvalue weighted by molar-refractivity contribution is 0.432. The molecule has 1 unspecified atom stereocenters. The van der Waals surface area contributed by atoms with Crippen LogP contribution in [0.2, 0.25) is 0 Å². The maximum absolute atomic E-state index is 13.9. The Bertz CT molecular complexity index is 1320. The SMILES string of the molecule is CS(=O)(=O)c1cccc(C(Nc2noc(-c3ccccc3)n2)c2ccc(F)c(F)c2)c1. The van der Waals surface area contributed by atoms with Crippen LogP contribution in [0.5, 0.6) is 0 Å². The number of anilines is 1. The summed E-state index contributed by atoms with van der Waals surface area (Å²) in [5.74, 6) is -1.63. The van der Waals surface area contributed by atoms with E-state index in [1.54, 1.807) is 24.3 Å². The van der Waals surface area contributed by atoms with E-state index in [9.17, 15) is 17.2 Å². The van der Waals surface area contributed by atoms with Crippen LogP contribution >= 0.6 is 0 Å². The van der Waals surface area contributed by atoms with Crippen LogP contribution in [0.3, 0.4) is 0 Å². The molecule has 1 aromatic heterocycles. The van der Waals surface area contributed by atoms with Crippen molar-refractivity contribution in [2.75, 3.05) is 11.6 Å². The van der Waals surface area contributed by atoms with Gasteiger partial charge < -0.3 is 9.84 Å². The first-order valence-corrected chi connectivity index (χ1v) is 11.1. The van der Waals surface area contributed by atoms with E-state index in [2.05, 4.69) is 15.5 Å². The maximum atomic E-state index is 13.9. The zero-order valence-electron chi connectivity index (χ0n) is 16.3. The summed E-state index contributed by atoms with van der Waals surface area (Å²) in [5.41, 5.74) is 1.57.